The Labute approximate surface area is 110 Å². The molecule has 0 aromatic carbocycles. The summed E-state index contributed by atoms with van der Waals surface area (Å²) < 4.78 is 74.0. The van der Waals surface area contributed by atoms with Crippen molar-refractivity contribution in [2.75, 3.05) is 0 Å². The Kier molecular flexibility index (Phi) is 4.77. The van der Waals surface area contributed by atoms with Crippen LogP contribution >= 0.6 is 0 Å². The third kappa shape index (κ3) is 4.21. The monoisotopic (exact) mass is 299 g/mol. The lowest BCUT2D eigenvalue weighted by Gasteiger charge is -2.21. The quantitative estimate of drug-likeness (QED) is 0.797. The molecule has 1 aromatic rings. The molecule has 0 spiro atoms. The molecule has 1 aromatic heterocycles. The second-order valence-corrected chi connectivity index (χ2v) is 4.17. The lowest BCUT2D eigenvalue weighted by Crippen LogP contribution is -2.43. The van der Waals surface area contributed by atoms with Gasteiger partial charge in [-0.25, -0.2) is 0 Å². The van der Waals surface area contributed by atoms with E-state index < -0.39 is 30.5 Å². The van der Waals surface area contributed by atoms with Crippen LogP contribution in [0.3, 0.4) is 0 Å². The molecule has 8 heteroatoms. The number of carbonyl (C=O) groups excluding carboxylic acids is 1. The van der Waals surface area contributed by atoms with Crippen LogP contribution in [0.4, 0.5) is 26.3 Å². The normalized spacial score (nSPS) is 12.8. The Morgan fingerprint density at radius 3 is 2.05 bits per heavy atom. The SMILES string of the molecule is CCc1ccc(CC(=O)C(C(F)(F)F)C(F)(F)F)nc1. The van der Waals surface area contributed by atoms with Crippen molar-refractivity contribution in [2.24, 2.45) is 5.92 Å². The number of hydrogen-bond donors (Lipinski definition) is 0. The molecule has 0 fully saturated rings. The van der Waals surface area contributed by atoms with E-state index in [4.69, 9.17) is 0 Å². The molecule has 2 nitrogen and oxygen atoms in total. The maximum absolute atomic E-state index is 12.3. The number of aromatic nitrogens is 1. The number of carbonyl (C=O) groups is 1. The van der Waals surface area contributed by atoms with Gasteiger partial charge in [-0.1, -0.05) is 13.0 Å². The van der Waals surface area contributed by atoms with Crippen LogP contribution in [0.5, 0.6) is 0 Å². The van der Waals surface area contributed by atoms with Gasteiger partial charge in [-0.15, -0.1) is 0 Å². The average molecular weight is 299 g/mol. The summed E-state index contributed by atoms with van der Waals surface area (Å²) in [6.45, 7) is 1.81. The average Bonchev–Trinajstić information content (AvgIpc) is 2.25. The fourth-order valence-electron chi connectivity index (χ4n) is 1.60. The number of pyridine rings is 1. The summed E-state index contributed by atoms with van der Waals surface area (Å²) in [6, 6.07) is 2.76. The Hall–Kier alpha value is -1.60. The number of alkyl halides is 6. The fourth-order valence-corrected chi connectivity index (χ4v) is 1.60. The van der Waals surface area contributed by atoms with E-state index in [9.17, 15) is 31.1 Å². The summed E-state index contributed by atoms with van der Waals surface area (Å²) in [6.07, 6.45) is -10.4. The molecule has 0 saturated carbocycles. The van der Waals surface area contributed by atoms with Crippen LogP contribution in [0, 0.1) is 5.92 Å². The zero-order valence-electron chi connectivity index (χ0n) is 10.3. The molecule has 1 rings (SSSR count). The molecule has 112 valence electrons. The van der Waals surface area contributed by atoms with Crippen LogP contribution in [0.2, 0.25) is 0 Å². The predicted molar refractivity (Wildman–Crippen MR) is 57.9 cm³/mol. The summed E-state index contributed by atoms with van der Waals surface area (Å²) in [5.41, 5.74) is 0.648. The smallest absolute Gasteiger partial charge is 0.298 e. The van der Waals surface area contributed by atoms with E-state index in [0.29, 0.717) is 6.42 Å². The number of nitrogens with zero attached hydrogens (tertiary/aromatic N) is 1. The largest absolute Gasteiger partial charge is 0.407 e. The van der Waals surface area contributed by atoms with E-state index >= 15 is 0 Å². The van der Waals surface area contributed by atoms with Gasteiger partial charge < -0.3 is 0 Å². The first-order valence-electron chi connectivity index (χ1n) is 5.65. The number of rotatable bonds is 4. The van der Waals surface area contributed by atoms with Crippen LogP contribution in [0.1, 0.15) is 18.2 Å². The number of halogens is 6. The van der Waals surface area contributed by atoms with Crippen LogP contribution < -0.4 is 0 Å². The van der Waals surface area contributed by atoms with Crippen LogP contribution in [-0.4, -0.2) is 23.1 Å². The van der Waals surface area contributed by atoms with Crippen molar-refractivity contribution >= 4 is 5.78 Å². The first kappa shape index (κ1) is 16.5. The van der Waals surface area contributed by atoms with Crippen molar-refractivity contribution in [1.82, 2.24) is 4.98 Å². The molecule has 0 radical (unpaired) electrons. The molecule has 20 heavy (non-hydrogen) atoms. The minimum atomic E-state index is -5.65. The Morgan fingerprint density at radius 1 is 1.15 bits per heavy atom. The summed E-state index contributed by atoms with van der Waals surface area (Å²) in [5, 5.41) is 0. The zero-order valence-corrected chi connectivity index (χ0v) is 10.3. The first-order valence-corrected chi connectivity index (χ1v) is 5.65. The first-order chi connectivity index (χ1) is 9.05. The predicted octanol–water partition coefficient (Wildman–Crippen LogP) is 3.50. The van der Waals surface area contributed by atoms with Gasteiger partial charge in [0.2, 0.25) is 5.92 Å². The van der Waals surface area contributed by atoms with Gasteiger partial charge in [-0.05, 0) is 18.1 Å². The molecule has 0 atom stereocenters. The summed E-state index contributed by atoms with van der Waals surface area (Å²) in [4.78, 5) is 15.0. The van der Waals surface area contributed by atoms with Gasteiger partial charge >= 0.3 is 12.4 Å². The number of hydrogen-bond acceptors (Lipinski definition) is 2. The summed E-state index contributed by atoms with van der Waals surface area (Å²) in [7, 11) is 0. The molecule has 0 amide bonds. The van der Waals surface area contributed by atoms with Gasteiger partial charge in [0.25, 0.3) is 0 Å². The van der Waals surface area contributed by atoms with Crippen molar-refractivity contribution in [3.05, 3.63) is 29.6 Å². The van der Waals surface area contributed by atoms with Crippen LogP contribution in [0.25, 0.3) is 0 Å². The molecule has 1 heterocycles. The highest BCUT2D eigenvalue weighted by Gasteiger charge is 2.60. The van der Waals surface area contributed by atoms with Gasteiger partial charge in [-0.2, -0.15) is 26.3 Å². The maximum atomic E-state index is 12.3. The summed E-state index contributed by atoms with van der Waals surface area (Å²) in [5.74, 6) is -5.93. The molecule has 0 aliphatic rings. The lowest BCUT2D eigenvalue weighted by atomic mass is 9.98. The van der Waals surface area contributed by atoms with Crippen molar-refractivity contribution in [1.29, 1.82) is 0 Å². The van der Waals surface area contributed by atoms with Crippen LogP contribution in [0.15, 0.2) is 18.3 Å². The van der Waals surface area contributed by atoms with E-state index in [1.807, 2.05) is 6.92 Å². The molecule has 0 aliphatic carbocycles. The van der Waals surface area contributed by atoms with Gasteiger partial charge in [0.15, 0.2) is 5.78 Å². The molecule has 0 saturated heterocycles. The lowest BCUT2D eigenvalue weighted by molar-refractivity contribution is -0.273. The summed E-state index contributed by atoms with van der Waals surface area (Å²) >= 11 is 0. The zero-order chi connectivity index (χ0) is 15.6. The van der Waals surface area contributed by atoms with Gasteiger partial charge in [0, 0.05) is 18.3 Å². The number of Topliss-reactive ketones (excluding diaryl/α,β-unsaturated/α-hetero) is 1. The Morgan fingerprint density at radius 2 is 1.70 bits per heavy atom. The molecular weight excluding hydrogens is 288 g/mol. The second kappa shape index (κ2) is 5.80. The third-order valence-corrected chi connectivity index (χ3v) is 2.63. The minimum Gasteiger partial charge on any atom is -0.298 e. The standard InChI is InChI=1S/C12H11F6NO/c1-2-7-3-4-8(19-6-7)5-9(20)10(11(13,14)15)12(16,17)18/h3-4,6,10H,2,5H2,1H3. The molecule has 0 bridgehead atoms. The van der Waals surface area contributed by atoms with Gasteiger partial charge in [0.1, 0.15) is 0 Å². The van der Waals surface area contributed by atoms with E-state index in [2.05, 4.69) is 4.98 Å². The molecule has 0 aliphatic heterocycles. The van der Waals surface area contributed by atoms with Crippen LogP contribution in [-0.2, 0) is 17.6 Å². The minimum absolute atomic E-state index is 0.120. The van der Waals surface area contributed by atoms with E-state index in [-0.39, 0.29) is 5.69 Å². The third-order valence-electron chi connectivity index (χ3n) is 2.63. The Bertz CT molecular complexity index is 448. The highest BCUT2D eigenvalue weighted by molar-refractivity contribution is 5.84. The van der Waals surface area contributed by atoms with Crippen molar-refractivity contribution in [3.8, 4) is 0 Å². The van der Waals surface area contributed by atoms with E-state index in [1.54, 1.807) is 0 Å². The van der Waals surface area contributed by atoms with Crippen molar-refractivity contribution in [2.45, 2.75) is 32.1 Å². The number of aryl methyl sites for hydroxylation is 1. The van der Waals surface area contributed by atoms with Gasteiger partial charge in [0.05, 0.1) is 0 Å². The van der Waals surface area contributed by atoms with E-state index in [0.717, 1.165) is 5.56 Å². The van der Waals surface area contributed by atoms with Crippen molar-refractivity contribution < 1.29 is 31.1 Å². The fraction of sp³-hybridized carbons (Fsp3) is 0.500. The highest BCUT2D eigenvalue weighted by atomic mass is 19.4. The second-order valence-electron chi connectivity index (χ2n) is 4.17. The maximum Gasteiger partial charge on any atom is 0.407 e. The highest BCUT2D eigenvalue weighted by Crippen LogP contribution is 2.40. The topological polar surface area (TPSA) is 30.0 Å². The van der Waals surface area contributed by atoms with Crippen molar-refractivity contribution in [3.63, 3.8) is 0 Å². The number of ketones is 1. The molecule has 0 unspecified atom stereocenters. The van der Waals surface area contributed by atoms with Gasteiger partial charge in [-0.3, -0.25) is 9.78 Å². The van der Waals surface area contributed by atoms with E-state index in [1.165, 1.54) is 18.3 Å². The molecular formula is C12H11F6NO. The Balaban J connectivity index is 2.91. The molecule has 0 N–H and O–H groups in total.